The molecule has 1 atom stereocenters. The number of nitrogens with zero attached hydrogens (tertiary/aromatic N) is 3. The number of nitrogens with one attached hydrogen (secondary N) is 2. The Morgan fingerprint density at radius 1 is 0.961 bits per heavy atom. The molecule has 264 valence electrons. The van der Waals surface area contributed by atoms with Crippen molar-refractivity contribution in [3.63, 3.8) is 0 Å². The van der Waals surface area contributed by atoms with E-state index in [0.29, 0.717) is 69.3 Å². The van der Waals surface area contributed by atoms with Crippen LogP contribution in [0.3, 0.4) is 0 Å². The van der Waals surface area contributed by atoms with Gasteiger partial charge in [-0.25, -0.2) is 4.68 Å². The minimum atomic E-state index is -0.642. The third-order valence-corrected chi connectivity index (χ3v) is 9.80. The molecule has 0 bridgehead atoms. The standard InChI is InChI=1S/C40H42ClN5O4S/c1-7-49-34-22-27(18-21-33(34)50-23-26-16-19-29(20-17-26)40(3,4)5)36-35(37(47)43-31-14-10-11-15-32(31)48-6)25(2)42-38-44-39(45-46(36)38)51-24-28-12-8-9-13-30(28)41/h8-22,36H,7,23-24H2,1-6H3,(H,43,47)(H,42,44,45). The van der Waals surface area contributed by atoms with Crippen molar-refractivity contribution < 1.29 is 19.0 Å². The van der Waals surface area contributed by atoms with Gasteiger partial charge in [-0.05, 0) is 71.8 Å². The third-order valence-electron chi connectivity index (χ3n) is 8.55. The molecule has 0 radical (unpaired) electrons. The molecule has 0 aliphatic carbocycles. The lowest BCUT2D eigenvalue weighted by Gasteiger charge is -2.29. The molecule has 5 aromatic rings. The molecule has 2 heterocycles. The molecule has 2 N–H and O–H groups in total. The summed E-state index contributed by atoms with van der Waals surface area (Å²) in [5.74, 6) is 2.52. The number of hydrogen-bond donors (Lipinski definition) is 2. The van der Waals surface area contributed by atoms with Gasteiger partial charge in [0.2, 0.25) is 11.1 Å². The topological polar surface area (TPSA) is 99.5 Å². The molecule has 6 rings (SSSR count). The van der Waals surface area contributed by atoms with E-state index in [0.717, 1.165) is 16.7 Å². The van der Waals surface area contributed by atoms with Gasteiger partial charge in [-0.1, -0.05) is 105 Å². The van der Waals surface area contributed by atoms with Crippen molar-refractivity contribution in [2.45, 2.75) is 63.6 Å². The molecule has 4 aromatic carbocycles. The van der Waals surface area contributed by atoms with Crippen molar-refractivity contribution in [3.8, 4) is 17.2 Å². The van der Waals surface area contributed by atoms with E-state index in [1.165, 1.54) is 17.3 Å². The number of benzene rings is 4. The van der Waals surface area contributed by atoms with Crippen LogP contribution >= 0.6 is 23.4 Å². The number of halogens is 1. The fourth-order valence-corrected chi connectivity index (χ4v) is 6.95. The molecular weight excluding hydrogens is 682 g/mol. The number of allylic oxidation sites excluding steroid dienone is 1. The van der Waals surface area contributed by atoms with Crippen LogP contribution in [0.5, 0.6) is 17.2 Å². The Morgan fingerprint density at radius 2 is 1.71 bits per heavy atom. The molecule has 0 fully saturated rings. The van der Waals surface area contributed by atoms with E-state index < -0.39 is 6.04 Å². The number of carbonyl (C=O) groups excluding carboxylic acids is 1. The lowest BCUT2D eigenvalue weighted by atomic mass is 9.87. The largest absolute Gasteiger partial charge is 0.495 e. The Balaban J connectivity index is 1.34. The fraction of sp³-hybridized carbons (Fsp3) is 0.275. The Kier molecular flexibility index (Phi) is 10.9. The summed E-state index contributed by atoms with van der Waals surface area (Å²) in [5.41, 5.74) is 5.81. The highest BCUT2D eigenvalue weighted by Crippen LogP contribution is 2.41. The SMILES string of the molecule is CCOc1cc(C2C(C(=O)Nc3ccccc3OC)=C(C)Nc3nc(SCc4ccccc4Cl)nn32)ccc1OCc1ccc(C(C)(C)C)cc1. The highest BCUT2D eigenvalue weighted by Gasteiger charge is 2.35. The number of hydrogen-bond acceptors (Lipinski definition) is 8. The van der Waals surface area contributed by atoms with E-state index in [4.69, 9.17) is 35.9 Å². The second kappa shape index (κ2) is 15.5. The molecule has 1 aliphatic heterocycles. The zero-order valence-electron chi connectivity index (χ0n) is 29.6. The highest BCUT2D eigenvalue weighted by atomic mass is 35.5. The first-order chi connectivity index (χ1) is 24.5. The molecule has 9 nitrogen and oxygen atoms in total. The molecule has 1 amide bonds. The Hall–Kier alpha value is -4.93. The van der Waals surface area contributed by atoms with Gasteiger partial charge in [0, 0.05) is 16.5 Å². The Morgan fingerprint density at radius 3 is 2.43 bits per heavy atom. The number of anilines is 2. The van der Waals surface area contributed by atoms with Gasteiger partial charge in [-0.3, -0.25) is 4.79 Å². The molecule has 0 spiro atoms. The number of ether oxygens (including phenoxy) is 3. The maximum absolute atomic E-state index is 14.2. The van der Waals surface area contributed by atoms with E-state index in [9.17, 15) is 4.79 Å². The maximum atomic E-state index is 14.2. The number of rotatable bonds is 12. The van der Waals surface area contributed by atoms with E-state index in [1.807, 2.05) is 68.4 Å². The van der Waals surface area contributed by atoms with E-state index in [1.54, 1.807) is 23.9 Å². The minimum Gasteiger partial charge on any atom is -0.495 e. The van der Waals surface area contributed by atoms with Gasteiger partial charge in [0.1, 0.15) is 18.4 Å². The number of thioether (sulfide) groups is 1. The average molecular weight is 724 g/mol. The lowest BCUT2D eigenvalue weighted by molar-refractivity contribution is -0.113. The number of fused-ring (bicyclic) bond motifs is 1. The predicted molar refractivity (Wildman–Crippen MR) is 204 cm³/mol. The van der Waals surface area contributed by atoms with Crippen LogP contribution in [-0.2, 0) is 22.6 Å². The van der Waals surface area contributed by atoms with Gasteiger partial charge in [-0.2, -0.15) is 4.98 Å². The first-order valence-corrected chi connectivity index (χ1v) is 18.2. The normalized spacial score (nSPS) is 14.1. The molecule has 1 aromatic heterocycles. The first kappa shape index (κ1) is 35.9. The number of aromatic nitrogens is 3. The number of amides is 1. The van der Waals surface area contributed by atoms with Gasteiger partial charge in [-0.15, -0.1) is 5.10 Å². The van der Waals surface area contributed by atoms with E-state index >= 15 is 0 Å². The zero-order chi connectivity index (χ0) is 36.1. The molecule has 0 saturated heterocycles. The molecule has 51 heavy (non-hydrogen) atoms. The summed E-state index contributed by atoms with van der Waals surface area (Å²) in [5, 5.41) is 12.5. The van der Waals surface area contributed by atoms with Crippen molar-refractivity contribution in [1.29, 1.82) is 0 Å². The van der Waals surface area contributed by atoms with E-state index in [-0.39, 0.29) is 11.3 Å². The summed E-state index contributed by atoms with van der Waals surface area (Å²) in [4.78, 5) is 19.0. The van der Waals surface area contributed by atoms with Crippen LogP contribution < -0.4 is 24.8 Å². The van der Waals surface area contributed by atoms with E-state index in [2.05, 4.69) is 55.7 Å². The second-order valence-corrected chi connectivity index (χ2v) is 14.5. The van der Waals surface area contributed by atoms with Crippen LogP contribution in [0.25, 0.3) is 0 Å². The highest BCUT2D eigenvalue weighted by molar-refractivity contribution is 7.98. The summed E-state index contributed by atoms with van der Waals surface area (Å²) in [6, 6.07) is 28.6. The van der Waals surface area contributed by atoms with Crippen molar-refractivity contribution in [1.82, 2.24) is 14.8 Å². The van der Waals surface area contributed by atoms with Crippen LogP contribution in [0, 0.1) is 0 Å². The van der Waals surface area contributed by atoms with Crippen molar-refractivity contribution >= 4 is 40.9 Å². The number of carbonyl (C=O) groups is 1. The summed E-state index contributed by atoms with van der Waals surface area (Å²) < 4.78 is 19.7. The van der Waals surface area contributed by atoms with Crippen LogP contribution in [0.2, 0.25) is 5.02 Å². The average Bonchev–Trinajstić information content (AvgIpc) is 3.52. The Labute approximate surface area is 308 Å². The molecule has 1 unspecified atom stereocenters. The smallest absolute Gasteiger partial charge is 0.255 e. The van der Waals surface area contributed by atoms with Crippen LogP contribution in [0.4, 0.5) is 11.6 Å². The number of methoxy groups -OCH3 is 1. The Bertz CT molecular complexity index is 2050. The second-order valence-electron chi connectivity index (χ2n) is 13.1. The molecule has 1 aliphatic rings. The predicted octanol–water partition coefficient (Wildman–Crippen LogP) is 9.44. The maximum Gasteiger partial charge on any atom is 0.255 e. The lowest BCUT2D eigenvalue weighted by Crippen LogP contribution is -2.31. The zero-order valence-corrected chi connectivity index (χ0v) is 31.2. The summed E-state index contributed by atoms with van der Waals surface area (Å²) in [6.07, 6.45) is 0. The van der Waals surface area contributed by atoms with Crippen LogP contribution in [0.1, 0.15) is 62.9 Å². The van der Waals surface area contributed by atoms with Gasteiger partial charge >= 0.3 is 0 Å². The summed E-state index contributed by atoms with van der Waals surface area (Å²) in [7, 11) is 1.57. The monoisotopic (exact) mass is 723 g/mol. The van der Waals surface area contributed by atoms with Gasteiger partial charge in [0.25, 0.3) is 5.91 Å². The van der Waals surface area contributed by atoms with Gasteiger partial charge in [0.05, 0.1) is 25.0 Å². The van der Waals surface area contributed by atoms with Crippen LogP contribution in [-0.4, -0.2) is 34.4 Å². The number of para-hydroxylation sites is 2. The summed E-state index contributed by atoms with van der Waals surface area (Å²) >= 11 is 7.90. The van der Waals surface area contributed by atoms with Crippen molar-refractivity contribution in [2.75, 3.05) is 24.4 Å². The molecule has 11 heteroatoms. The summed E-state index contributed by atoms with van der Waals surface area (Å²) in [6.45, 7) is 11.2. The van der Waals surface area contributed by atoms with Gasteiger partial charge < -0.3 is 24.8 Å². The molecular formula is C40H42ClN5O4S. The minimum absolute atomic E-state index is 0.0702. The first-order valence-electron chi connectivity index (χ1n) is 16.8. The van der Waals surface area contributed by atoms with Crippen molar-refractivity contribution in [3.05, 3.63) is 130 Å². The van der Waals surface area contributed by atoms with Crippen LogP contribution in [0.15, 0.2) is 107 Å². The third kappa shape index (κ3) is 8.18. The van der Waals surface area contributed by atoms with Crippen molar-refractivity contribution in [2.24, 2.45) is 0 Å². The molecule has 0 saturated carbocycles. The quantitative estimate of drug-likeness (QED) is 0.123. The fourth-order valence-electron chi connectivity index (χ4n) is 5.83. The van der Waals surface area contributed by atoms with Gasteiger partial charge in [0.15, 0.2) is 11.5 Å².